The molecule has 0 saturated heterocycles. The normalized spacial score (nSPS) is 14.1. The molecule has 1 unspecified atom stereocenters. The molecule has 1 aromatic carbocycles. The number of para-hydroxylation sites is 1. The van der Waals surface area contributed by atoms with Crippen molar-refractivity contribution in [3.05, 3.63) is 29.8 Å². The summed E-state index contributed by atoms with van der Waals surface area (Å²) in [7, 11) is 0. The zero-order valence-corrected chi connectivity index (χ0v) is 10.8. The Hall–Kier alpha value is -1.20. The lowest BCUT2D eigenvalue weighted by atomic mass is 10.1. The number of nitrogens with one attached hydrogen (secondary N) is 1. The molecule has 0 bridgehead atoms. The number of hydrogen-bond acceptors (Lipinski definition) is 4. The molecule has 0 fully saturated rings. The number of phenols is 1. The highest BCUT2D eigenvalue weighted by Gasteiger charge is 2.21. The summed E-state index contributed by atoms with van der Waals surface area (Å²) in [5.41, 5.74) is -0.730. The van der Waals surface area contributed by atoms with Crippen LogP contribution < -0.4 is 5.32 Å². The van der Waals surface area contributed by atoms with E-state index in [4.69, 9.17) is 0 Å². The summed E-state index contributed by atoms with van der Waals surface area (Å²) in [6, 6.07) is 6.31. The molecule has 0 aliphatic heterocycles. The molecule has 5 heteroatoms. The molecule has 1 rings (SSSR count). The van der Waals surface area contributed by atoms with E-state index in [1.165, 1.54) is 23.9 Å². The van der Waals surface area contributed by atoms with Gasteiger partial charge in [-0.2, -0.15) is 11.8 Å². The summed E-state index contributed by atoms with van der Waals surface area (Å²) < 4.78 is 0. The van der Waals surface area contributed by atoms with Gasteiger partial charge in [-0.15, -0.1) is 0 Å². The van der Waals surface area contributed by atoms with Crippen LogP contribution in [0.25, 0.3) is 0 Å². The minimum Gasteiger partial charge on any atom is -0.507 e. The predicted molar refractivity (Wildman–Crippen MR) is 69.4 cm³/mol. The zero-order valence-electron chi connectivity index (χ0n) is 9.93. The average Bonchev–Trinajstić information content (AvgIpc) is 2.27. The Balaban J connectivity index is 2.59. The van der Waals surface area contributed by atoms with E-state index in [2.05, 4.69) is 5.32 Å². The van der Waals surface area contributed by atoms with Gasteiger partial charge >= 0.3 is 0 Å². The second-order valence-electron chi connectivity index (χ2n) is 4.13. The van der Waals surface area contributed by atoms with Crippen LogP contribution in [0.1, 0.15) is 17.3 Å². The molecule has 0 radical (unpaired) electrons. The Kier molecular flexibility index (Phi) is 4.84. The quantitative estimate of drug-likeness (QED) is 0.740. The Morgan fingerprint density at radius 1 is 1.47 bits per heavy atom. The van der Waals surface area contributed by atoms with Crippen LogP contribution in [-0.2, 0) is 0 Å². The van der Waals surface area contributed by atoms with Crippen molar-refractivity contribution in [3.63, 3.8) is 0 Å². The first-order valence-electron chi connectivity index (χ1n) is 5.24. The fourth-order valence-electron chi connectivity index (χ4n) is 1.39. The van der Waals surface area contributed by atoms with E-state index >= 15 is 0 Å². The lowest BCUT2D eigenvalue weighted by molar-refractivity contribution is 0.0723. The molecular weight excluding hydrogens is 238 g/mol. The molecule has 0 saturated carbocycles. The molecule has 1 aromatic rings. The smallest absolute Gasteiger partial charge is 0.255 e. The summed E-state index contributed by atoms with van der Waals surface area (Å²) >= 11 is 1.51. The number of carbonyl (C=O) groups is 1. The molecule has 0 spiro atoms. The molecule has 0 heterocycles. The topological polar surface area (TPSA) is 69.6 Å². The van der Waals surface area contributed by atoms with E-state index in [0.717, 1.165) is 0 Å². The lowest BCUT2D eigenvalue weighted by Crippen LogP contribution is -2.42. The molecular formula is C12H17NO3S. The van der Waals surface area contributed by atoms with Gasteiger partial charge in [0.1, 0.15) is 5.75 Å². The van der Waals surface area contributed by atoms with Gasteiger partial charge in [-0.3, -0.25) is 4.79 Å². The highest BCUT2D eigenvalue weighted by molar-refractivity contribution is 7.98. The number of benzene rings is 1. The lowest BCUT2D eigenvalue weighted by Gasteiger charge is -2.22. The first kappa shape index (κ1) is 13.9. The largest absolute Gasteiger partial charge is 0.507 e. The van der Waals surface area contributed by atoms with Gasteiger partial charge in [-0.25, -0.2) is 0 Å². The standard InChI is InChI=1S/C12H17NO3S/c1-12(16,8-17-2)7-13-11(15)9-5-3-4-6-10(9)14/h3-6,14,16H,7-8H2,1-2H3,(H,13,15). The number of aromatic hydroxyl groups is 1. The monoisotopic (exact) mass is 255 g/mol. The Morgan fingerprint density at radius 3 is 2.71 bits per heavy atom. The van der Waals surface area contributed by atoms with Crippen LogP contribution in [0, 0.1) is 0 Å². The van der Waals surface area contributed by atoms with Crippen molar-refractivity contribution >= 4 is 17.7 Å². The van der Waals surface area contributed by atoms with Crippen molar-refractivity contribution in [2.45, 2.75) is 12.5 Å². The molecule has 1 amide bonds. The fraction of sp³-hybridized carbons (Fsp3) is 0.417. The Bertz CT molecular complexity index is 393. The Morgan fingerprint density at radius 2 is 2.12 bits per heavy atom. The van der Waals surface area contributed by atoms with Crippen molar-refractivity contribution in [1.29, 1.82) is 0 Å². The number of hydrogen-bond donors (Lipinski definition) is 3. The highest BCUT2D eigenvalue weighted by atomic mass is 32.2. The van der Waals surface area contributed by atoms with E-state index in [9.17, 15) is 15.0 Å². The van der Waals surface area contributed by atoms with Gasteiger partial charge in [0, 0.05) is 12.3 Å². The average molecular weight is 255 g/mol. The molecule has 0 aliphatic carbocycles. The van der Waals surface area contributed by atoms with Crippen molar-refractivity contribution < 1.29 is 15.0 Å². The van der Waals surface area contributed by atoms with Crippen molar-refractivity contribution in [3.8, 4) is 5.75 Å². The summed E-state index contributed by atoms with van der Waals surface area (Å²) in [5.74, 6) is 0.0904. The van der Waals surface area contributed by atoms with E-state index in [1.54, 1.807) is 19.1 Å². The van der Waals surface area contributed by atoms with Gasteiger partial charge in [-0.1, -0.05) is 12.1 Å². The maximum absolute atomic E-state index is 11.7. The SMILES string of the molecule is CSCC(C)(O)CNC(=O)c1ccccc1O. The van der Waals surface area contributed by atoms with Gasteiger partial charge in [0.05, 0.1) is 11.2 Å². The first-order valence-corrected chi connectivity index (χ1v) is 6.63. The minimum atomic E-state index is -0.945. The van der Waals surface area contributed by atoms with E-state index < -0.39 is 5.60 Å². The summed E-state index contributed by atoms with van der Waals surface area (Å²) in [6.07, 6.45) is 1.89. The second-order valence-corrected chi connectivity index (χ2v) is 5.00. The molecule has 94 valence electrons. The second kappa shape index (κ2) is 5.93. The van der Waals surface area contributed by atoms with Gasteiger partial charge in [0.2, 0.25) is 0 Å². The van der Waals surface area contributed by atoms with Gasteiger partial charge in [-0.05, 0) is 25.3 Å². The van der Waals surface area contributed by atoms with Gasteiger partial charge < -0.3 is 15.5 Å². The van der Waals surface area contributed by atoms with Crippen LogP contribution in [0.5, 0.6) is 5.75 Å². The molecule has 4 nitrogen and oxygen atoms in total. The number of aliphatic hydroxyl groups is 1. The predicted octanol–water partition coefficient (Wildman–Crippen LogP) is 1.24. The van der Waals surface area contributed by atoms with E-state index in [1.807, 2.05) is 6.26 Å². The van der Waals surface area contributed by atoms with E-state index in [-0.39, 0.29) is 23.8 Å². The minimum absolute atomic E-state index is 0.0606. The van der Waals surface area contributed by atoms with Crippen LogP contribution in [0.15, 0.2) is 24.3 Å². The van der Waals surface area contributed by atoms with Crippen molar-refractivity contribution in [2.75, 3.05) is 18.6 Å². The fourth-order valence-corrected chi connectivity index (χ4v) is 2.12. The van der Waals surface area contributed by atoms with Gasteiger partial charge in [0.25, 0.3) is 5.91 Å². The third kappa shape index (κ3) is 4.28. The zero-order chi connectivity index (χ0) is 12.9. The summed E-state index contributed by atoms with van der Waals surface area (Å²) in [4.78, 5) is 11.7. The van der Waals surface area contributed by atoms with Crippen molar-refractivity contribution in [1.82, 2.24) is 5.32 Å². The van der Waals surface area contributed by atoms with Crippen molar-refractivity contribution in [2.24, 2.45) is 0 Å². The maximum Gasteiger partial charge on any atom is 0.255 e. The van der Waals surface area contributed by atoms with Crippen LogP contribution >= 0.6 is 11.8 Å². The van der Waals surface area contributed by atoms with Gasteiger partial charge in [0.15, 0.2) is 0 Å². The molecule has 1 atom stereocenters. The maximum atomic E-state index is 11.7. The third-order valence-corrected chi connectivity index (χ3v) is 3.14. The number of carbonyl (C=O) groups excluding carboxylic acids is 1. The Labute approximate surface area is 105 Å². The van der Waals surface area contributed by atoms with Crippen LogP contribution in [0.2, 0.25) is 0 Å². The molecule has 0 aromatic heterocycles. The van der Waals surface area contributed by atoms with Crippen LogP contribution in [0.3, 0.4) is 0 Å². The molecule has 0 aliphatic rings. The summed E-state index contributed by atoms with van der Waals surface area (Å²) in [5, 5.41) is 22.0. The third-order valence-electron chi connectivity index (χ3n) is 2.23. The number of phenolic OH excluding ortho intramolecular Hbond substituents is 1. The summed E-state index contributed by atoms with van der Waals surface area (Å²) in [6.45, 7) is 1.82. The van der Waals surface area contributed by atoms with Crippen LogP contribution in [0.4, 0.5) is 0 Å². The number of amides is 1. The first-order chi connectivity index (χ1) is 7.96. The highest BCUT2D eigenvalue weighted by Crippen LogP contribution is 2.15. The number of thioether (sulfide) groups is 1. The van der Waals surface area contributed by atoms with E-state index in [0.29, 0.717) is 5.75 Å². The molecule has 17 heavy (non-hydrogen) atoms. The molecule has 3 N–H and O–H groups in total. The van der Waals surface area contributed by atoms with Crippen LogP contribution in [-0.4, -0.2) is 40.3 Å². The number of rotatable bonds is 5.